The van der Waals surface area contributed by atoms with Crippen LogP contribution < -0.4 is 4.90 Å². The summed E-state index contributed by atoms with van der Waals surface area (Å²) in [5, 5.41) is 21.1. The van der Waals surface area contributed by atoms with Gasteiger partial charge in [-0.3, -0.25) is 10.1 Å². The summed E-state index contributed by atoms with van der Waals surface area (Å²) in [6, 6.07) is 14.3. The van der Waals surface area contributed by atoms with E-state index in [1.807, 2.05) is 18.2 Å². The Morgan fingerprint density at radius 2 is 2.05 bits per heavy atom. The van der Waals surface area contributed by atoms with Gasteiger partial charge in [0.05, 0.1) is 11.0 Å². The third kappa shape index (κ3) is 2.73. The zero-order chi connectivity index (χ0) is 14.8. The normalized spacial score (nSPS) is 14.8. The zero-order valence-electron chi connectivity index (χ0n) is 11.5. The van der Waals surface area contributed by atoms with Crippen LogP contribution in [-0.2, 0) is 6.42 Å². The van der Waals surface area contributed by atoms with E-state index < -0.39 is 11.0 Å². The van der Waals surface area contributed by atoms with Crippen molar-refractivity contribution in [2.45, 2.75) is 12.5 Å². The lowest BCUT2D eigenvalue weighted by Crippen LogP contribution is -2.26. The average molecular weight is 284 g/mol. The first kappa shape index (κ1) is 13.6. The van der Waals surface area contributed by atoms with E-state index >= 15 is 0 Å². The summed E-state index contributed by atoms with van der Waals surface area (Å²) >= 11 is 0. The average Bonchev–Trinajstić information content (AvgIpc) is 2.91. The highest BCUT2D eigenvalue weighted by Crippen LogP contribution is 2.29. The molecular formula is C16H16N2O3. The molecule has 3 rings (SSSR count). The molecule has 0 radical (unpaired) electrons. The van der Waals surface area contributed by atoms with Crippen LogP contribution in [0.25, 0.3) is 0 Å². The van der Waals surface area contributed by atoms with E-state index in [-0.39, 0.29) is 5.69 Å². The van der Waals surface area contributed by atoms with Gasteiger partial charge >= 0.3 is 0 Å². The number of β-amino-alcohol motifs (C(OH)–C–C–N with tert-alkyl or cyclic N) is 1. The fourth-order valence-corrected chi connectivity index (χ4v) is 2.76. The van der Waals surface area contributed by atoms with E-state index in [2.05, 4.69) is 11.0 Å². The Labute approximate surface area is 122 Å². The van der Waals surface area contributed by atoms with Crippen molar-refractivity contribution in [3.05, 3.63) is 69.8 Å². The predicted molar refractivity (Wildman–Crippen MR) is 80.4 cm³/mol. The molecule has 1 heterocycles. The van der Waals surface area contributed by atoms with E-state index in [1.165, 1.54) is 17.7 Å². The van der Waals surface area contributed by atoms with Gasteiger partial charge in [-0.15, -0.1) is 0 Å². The second kappa shape index (κ2) is 5.54. The summed E-state index contributed by atoms with van der Waals surface area (Å²) in [6.45, 7) is 1.31. The van der Waals surface area contributed by atoms with Gasteiger partial charge in [-0.25, -0.2) is 0 Å². The molecule has 108 valence electrons. The fourth-order valence-electron chi connectivity index (χ4n) is 2.76. The van der Waals surface area contributed by atoms with Crippen molar-refractivity contribution in [1.29, 1.82) is 0 Å². The summed E-state index contributed by atoms with van der Waals surface area (Å²) in [5.41, 5.74) is 3.01. The van der Waals surface area contributed by atoms with Crippen molar-refractivity contribution in [3.8, 4) is 0 Å². The maximum Gasteiger partial charge on any atom is 0.269 e. The van der Waals surface area contributed by atoms with Crippen molar-refractivity contribution in [1.82, 2.24) is 0 Å². The van der Waals surface area contributed by atoms with Gasteiger partial charge < -0.3 is 10.0 Å². The Kier molecular flexibility index (Phi) is 3.58. The Hall–Kier alpha value is -2.40. The lowest BCUT2D eigenvalue weighted by molar-refractivity contribution is -0.385. The summed E-state index contributed by atoms with van der Waals surface area (Å²) in [4.78, 5) is 12.5. The van der Waals surface area contributed by atoms with Crippen LogP contribution in [0, 0.1) is 10.1 Å². The molecule has 1 aliphatic heterocycles. The maximum atomic E-state index is 10.8. The fraction of sp³-hybridized carbons (Fsp3) is 0.250. The molecule has 0 amide bonds. The molecule has 5 nitrogen and oxygen atoms in total. The van der Waals surface area contributed by atoms with E-state index in [0.29, 0.717) is 12.1 Å². The van der Waals surface area contributed by atoms with Gasteiger partial charge in [-0.1, -0.05) is 30.3 Å². The van der Waals surface area contributed by atoms with Crippen molar-refractivity contribution in [3.63, 3.8) is 0 Å². The number of fused-ring (bicyclic) bond motifs is 1. The number of anilines is 1. The molecule has 0 aliphatic carbocycles. The molecule has 0 bridgehead atoms. The largest absolute Gasteiger partial charge is 0.387 e. The number of hydrogen-bond acceptors (Lipinski definition) is 4. The quantitative estimate of drug-likeness (QED) is 0.692. The molecule has 0 saturated carbocycles. The molecule has 0 fully saturated rings. The molecule has 1 atom stereocenters. The van der Waals surface area contributed by atoms with Gasteiger partial charge in [0.15, 0.2) is 0 Å². The molecule has 2 aromatic rings. The van der Waals surface area contributed by atoms with Gasteiger partial charge in [0.1, 0.15) is 0 Å². The standard InChI is InChI=1S/C16H16N2O3/c19-16(13-5-3-6-14(10-13)18(20)21)11-17-9-8-12-4-1-2-7-15(12)17/h1-7,10,16,19H,8-9,11H2. The molecule has 0 aromatic heterocycles. The minimum Gasteiger partial charge on any atom is -0.387 e. The first-order valence-corrected chi connectivity index (χ1v) is 6.90. The summed E-state index contributed by atoms with van der Waals surface area (Å²) < 4.78 is 0. The lowest BCUT2D eigenvalue weighted by Gasteiger charge is -2.23. The molecule has 1 N–H and O–H groups in total. The minimum absolute atomic E-state index is 0.00775. The molecule has 1 unspecified atom stereocenters. The molecule has 21 heavy (non-hydrogen) atoms. The number of non-ortho nitro benzene ring substituents is 1. The highest BCUT2D eigenvalue weighted by Gasteiger charge is 2.22. The van der Waals surface area contributed by atoms with Gasteiger partial charge in [-0.2, -0.15) is 0 Å². The first-order chi connectivity index (χ1) is 10.1. The number of hydrogen-bond donors (Lipinski definition) is 1. The van der Waals surface area contributed by atoms with Crippen LogP contribution in [0.3, 0.4) is 0 Å². The Morgan fingerprint density at radius 3 is 2.86 bits per heavy atom. The van der Waals surface area contributed by atoms with Crippen LogP contribution in [0.1, 0.15) is 17.2 Å². The number of para-hydroxylation sites is 1. The summed E-state index contributed by atoms with van der Waals surface area (Å²) in [6.07, 6.45) is 0.230. The van der Waals surface area contributed by atoms with E-state index in [4.69, 9.17) is 0 Å². The van der Waals surface area contributed by atoms with Gasteiger partial charge in [0.2, 0.25) is 0 Å². The maximum absolute atomic E-state index is 10.8. The van der Waals surface area contributed by atoms with Crippen LogP contribution in [0.15, 0.2) is 48.5 Å². The topological polar surface area (TPSA) is 66.6 Å². The Balaban J connectivity index is 1.77. The van der Waals surface area contributed by atoms with Gasteiger partial charge in [0.25, 0.3) is 5.69 Å². The lowest BCUT2D eigenvalue weighted by atomic mass is 10.1. The molecule has 5 heteroatoms. The number of aliphatic hydroxyl groups is 1. The van der Waals surface area contributed by atoms with Crippen molar-refractivity contribution >= 4 is 11.4 Å². The number of nitrogens with zero attached hydrogens (tertiary/aromatic N) is 2. The van der Waals surface area contributed by atoms with Crippen LogP contribution in [0.4, 0.5) is 11.4 Å². The molecular weight excluding hydrogens is 268 g/mol. The van der Waals surface area contributed by atoms with Crippen molar-refractivity contribution in [2.24, 2.45) is 0 Å². The summed E-state index contributed by atoms with van der Waals surface area (Å²) in [7, 11) is 0. The second-order valence-electron chi connectivity index (χ2n) is 5.19. The number of benzene rings is 2. The van der Waals surface area contributed by atoms with Crippen LogP contribution in [-0.4, -0.2) is 23.1 Å². The van der Waals surface area contributed by atoms with Crippen molar-refractivity contribution < 1.29 is 10.0 Å². The SMILES string of the molecule is O=[N+]([O-])c1cccc(C(O)CN2CCc3ccccc32)c1. The third-order valence-electron chi connectivity index (χ3n) is 3.84. The van der Waals surface area contributed by atoms with Gasteiger partial charge in [-0.05, 0) is 23.6 Å². The highest BCUT2D eigenvalue weighted by molar-refractivity contribution is 5.58. The molecule has 2 aromatic carbocycles. The van der Waals surface area contributed by atoms with Crippen molar-refractivity contribution in [2.75, 3.05) is 18.0 Å². The Morgan fingerprint density at radius 1 is 1.24 bits per heavy atom. The number of aliphatic hydroxyl groups excluding tert-OH is 1. The van der Waals surface area contributed by atoms with Crippen LogP contribution in [0.5, 0.6) is 0 Å². The zero-order valence-corrected chi connectivity index (χ0v) is 11.5. The van der Waals surface area contributed by atoms with E-state index in [9.17, 15) is 15.2 Å². The van der Waals surface area contributed by atoms with Crippen LogP contribution >= 0.6 is 0 Å². The number of nitro benzene ring substituents is 1. The minimum atomic E-state index is -0.740. The van der Waals surface area contributed by atoms with Crippen LogP contribution in [0.2, 0.25) is 0 Å². The monoisotopic (exact) mass is 284 g/mol. The Bertz CT molecular complexity index is 672. The molecule has 0 spiro atoms. The number of rotatable bonds is 4. The van der Waals surface area contributed by atoms with E-state index in [0.717, 1.165) is 18.7 Å². The summed E-state index contributed by atoms with van der Waals surface area (Å²) in [5.74, 6) is 0. The first-order valence-electron chi connectivity index (χ1n) is 6.90. The molecule has 0 saturated heterocycles. The smallest absolute Gasteiger partial charge is 0.269 e. The second-order valence-corrected chi connectivity index (χ2v) is 5.19. The van der Waals surface area contributed by atoms with Gasteiger partial charge in [0, 0.05) is 30.9 Å². The highest BCUT2D eigenvalue weighted by atomic mass is 16.6. The molecule has 1 aliphatic rings. The number of nitro groups is 1. The third-order valence-corrected chi connectivity index (χ3v) is 3.84. The predicted octanol–water partition coefficient (Wildman–Crippen LogP) is 2.69. The van der Waals surface area contributed by atoms with E-state index in [1.54, 1.807) is 12.1 Å².